The minimum absolute atomic E-state index is 0.0543. The topological polar surface area (TPSA) is 136 Å². The molecule has 2 rings (SSSR count). The largest absolute Gasteiger partial charge is 0.513 e. The maximum Gasteiger partial charge on any atom is 0.513 e. The summed E-state index contributed by atoms with van der Waals surface area (Å²) >= 11 is 0. The van der Waals surface area contributed by atoms with Crippen LogP contribution in [-0.4, -0.2) is 34.5 Å². The van der Waals surface area contributed by atoms with Crippen LogP contribution in [-0.2, 0) is 9.47 Å². The van der Waals surface area contributed by atoms with Gasteiger partial charge in [-0.3, -0.25) is 0 Å². The number of carbonyl (C=O) groups is 4. The number of hydrogen-bond acceptors (Lipinski definition) is 7. The van der Waals surface area contributed by atoms with Gasteiger partial charge >= 0.3 is 24.2 Å². The van der Waals surface area contributed by atoms with E-state index in [2.05, 4.69) is 9.47 Å². The zero-order valence-electron chi connectivity index (χ0n) is 12.4. The molecule has 9 heteroatoms. The van der Waals surface area contributed by atoms with Crippen LogP contribution in [0.2, 0.25) is 0 Å². The maximum absolute atomic E-state index is 11.5. The normalized spacial score (nSPS) is 9.76. The molecule has 9 nitrogen and oxygen atoms in total. The first-order valence-corrected chi connectivity index (χ1v) is 6.63. The van der Waals surface area contributed by atoms with Gasteiger partial charge in [0.25, 0.3) is 0 Å². The average Bonchev–Trinajstić information content (AvgIpc) is 2.54. The first-order chi connectivity index (χ1) is 11.8. The van der Waals surface area contributed by atoms with Crippen molar-refractivity contribution < 1.29 is 43.6 Å². The van der Waals surface area contributed by atoms with Gasteiger partial charge in [0.2, 0.25) is 0 Å². The van der Waals surface area contributed by atoms with E-state index in [1.807, 2.05) is 0 Å². The molecule has 0 unspecified atom stereocenters. The molecule has 25 heavy (non-hydrogen) atoms. The molecule has 0 saturated carbocycles. The molecule has 0 bridgehead atoms. The van der Waals surface area contributed by atoms with E-state index in [1.54, 1.807) is 0 Å². The second-order valence-electron chi connectivity index (χ2n) is 4.47. The summed E-state index contributed by atoms with van der Waals surface area (Å²) in [5, 5.41) is 16.9. The molecule has 0 heterocycles. The number of esters is 2. The highest BCUT2D eigenvalue weighted by Crippen LogP contribution is 2.24. The Morgan fingerprint density at radius 1 is 0.680 bits per heavy atom. The smallest absolute Gasteiger partial charge is 0.457 e. The van der Waals surface area contributed by atoms with Gasteiger partial charge in [-0.2, -0.15) is 0 Å². The number of hydrogen-bond donors (Lipinski definition) is 2. The summed E-state index contributed by atoms with van der Waals surface area (Å²) in [7, 11) is 0. The van der Waals surface area contributed by atoms with E-state index in [9.17, 15) is 19.2 Å². The highest BCUT2D eigenvalue weighted by molar-refractivity contribution is 5.96. The Balaban J connectivity index is 2.17. The molecule has 2 aromatic rings. The minimum atomic E-state index is -1.74. The van der Waals surface area contributed by atoms with Crippen molar-refractivity contribution in [3.8, 4) is 11.5 Å². The van der Waals surface area contributed by atoms with Crippen LogP contribution in [0.25, 0.3) is 0 Å². The molecule has 0 aliphatic carbocycles. The molecule has 2 N–H and O–H groups in total. The van der Waals surface area contributed by atoms with E-state index in [1.165, 1.54) is 48.5 Å². The third-order valence-corrected chi connectivity index (χ3v) is 2.74. The standard InChI is InChI=1S/C16H10O9/c17-13(24-15(19)20)9-3-1-5-11(7-9)23-12-6-2-4-10(8-12)14(18)25-16(21)22/h1-8H,(H,19,20)(H,21,22). The van der Waals surface area contributed by atoms with E-state index in [4.69, 9.17) is 14.9 Å². The lowest BCUT2D eigenvalue weighted by atomic mass is 10.2. The van der Waals surface area contributed by atoms with Gasteiger partial charge in [-0.25, -0.2) is 19.2 Å². The van der Waals surface area contributed by atoms with E-state index in [0.29, 0.717) is 0 Å². The maximum atomic E-state index is 11.5. The van der Waals surface area contributed by atoms with Crippen LogP contribution >= 0.6 is 0 Å². The van der Waals surface area contributed by atoms with Gasteiger partial charge in [0, 0.05) is 0 Å². The number of carbonyl (C=O) groups excluding carboxylic acids is 2. The van der Waals surface area contributed by atoms with Crippen LogP contribution in [0.1, 0.15) is 20.7 Å². The summed E-state index contributed by atoms with van der Waals surface area (Å²) in [4.78, 5) is 43.8. The third kappa shape index (κ3) is 5.06. The zero-order chi connectivity index (χ0) is 18.4. The summed E-state index contributed by atoms with van der Waals surface area (Å²) < 4.78 is 13.5. The van der Waals surface area contributed by atoms with Crippen molar-refractivity contribution in [1.82, 2.24) is 0 Å². The molecule has 0 spiro atoms. The summed E-state index contributed by atoms with van der Waals surface area (Å²) in [5.41, 5.74) is -0.109. The molecule has 0 amide bonds. The fourth-order valence-electron chi connectivity index (χ4n) is 1.79. The second-order valence-corrected chi connectivity index (χ2v) is 4.47. The van der Waals surface area contributed by atoms with Gasteiger partial charge in [-0.1, -0.05) is 12.1 Å². The molecule has 0 aliphatic heterocycles. The Morgan fingerprint density at radius 2 is 1.08 bits per heavy atom. The Hall–Kier alpha value is -3.88. The van der Waals surface area contributed by atoms with Crippen molar-refractivity contribution in [1.29, 1.82) is 0 Å². The van der Waals surface area contributed by atoms with Crippen LogP contribution in [0.5, 0.6) is 11.5 Å². The van der Waals surface area contributed by atoms with Crippen LogP contribution in [0, 0.1) is 0 Å². The van der Waals surface area contributed by atoms with Crippen molar-refractivity contribution in [3.05, 3.63) is 59.7 Å². The lowest BCUT2D eigenvalue weighted by Gasteiger charge is -2.08. The molecule has 0 saturated heterocycles. The average molecular weight is 346 g/mol. The Labute approximate surface area is 140 Å². The SMILES string of the molecule is O=C(O)OC(=O)c1cccc(Oc2cccc(C(=O)OC(=O)O)c2)c1. The quantitative estimate of drug-likeness (QED) is 0.631. The van der Waals surface area contributed by atoms with Crippen molar-refractivity contribution in [2.45, 2.75) is 0 Å². The Morgan fingerprint density at radius 3 is 1.44 bits per heavy atom. The second kappa shape index (κ2) is 7.59. The summed E-state index contributed by atoms with van der Waals surface area (Å²) in [6.07, 6.45) is -3.47. The molecule has 128 valence electrons. The van der Waals surface area contributed by atoms with E-state index >= 15 is 0 Å². The fraction of sp³-hybridized carbons (Fsp3) is 0. The molecule has 0 radical (unpaired) electrons. The molecule has 0 atom stereocenters. The Kier molecular flexibility index (Phi) is 5.31. The van der Waals surface area contributed by atoms with E-state index in [0.717, 1.165) is 0 Å². The lowest BCUT2D eigenvalue weighted by molar-refractivity contribution is 0.0491. The van der Waals surface area contributed by atoms with Gasteiger partial charge in [0.15, 0.2) is 0 Å². The van der Waals surface area contributed by atoms with Gasteiger partial charge in [0.1, 0.15) is 11.5 Å². The van der Waals surface area contributed by atoms with Crippen LogP contribution < -0.4 is 4.74 Å². The van der Waals surface area contributed by atoms with Crippen molar-refractivity contribution in [2.75, 3.05) is 0 Å². The predicted molar refractivity (Wildman–Crippen MR) is 79.8 cm³/mol. The third-order valence-electron chi connectivity index (χ3n) is 2.74. The number of benzene rings is 2. The van der Waals surface area contributed by atoms with Crippen LogP contribution in [0.3, 0.4) is 0 Å². The van der Waals surface area contributed by atoms with Crippen LogP contribution in [0.15, 0.2) is 48.5 Å². The van der Waals surface area contributed by atoms with Crippen LogP contribution in [0.4, 0.5) is 9.59 Å². The molecule has 0 aromatic heterocycles. The minimum Gasteiger partial charge on any atom is -0.457 e. The van der Waals surface area contributed by atoms with Crippen molar-refractivity contribution >= 4 is 24.2 Å². The molecule has 0 fully saturated rings. The number of rotatable bonds is 4. The van der Waals surface area contributed by atoms with Gasteiger partial charge < -0.3 is 24.4 Å². The fourth-order valence-corrected chi connectivity index (χ4v) is 1.79. The Bertz CT molecular complexity index is 772. The first kappa shape index (κ1) is 17.5. The van der Waals surface area contributed by atoms with Crippen molar-refractivity contribution in [2.24, 2.45) is 0 Å². The summed E-state index contributed by atoms with van der Waals surface area (Å²) in [5.74, 6) is -1.80. The van der Waals surface area contributed by atoms with Gasteiger partial charge in [-0.05, 0) is 36.4 Å². The highest BCUT2D eigenvalue weighted by atomic mass is 16.7. The van der Waals surface area contributed by atoms with Crippen molar-refractivity contribution in [3.63, 3.8) is 0 Å². The first-order valence-electron chi connectivity index (χ1n) is 6.63. The predicted octanol–water partition coefficient (Wildman–Crippen LogP) is 3.15. The van der Waals surface area contributed by atoms with E-state index in [-0.39, 0.29) is 22.6 Å². The lowest BCUT2D eigenvalue weighted by Crippen LogP contribution is -2.10. The number of ether oxygens (including phenoxy) is 3. The summed E-state index contributed by atoms with van der Waals surface area (Å²) in [6.45, 7) is 0. The monoisotopic (exact) mass is 346 g/mol. The molecule has 0 aliphatic rings. The molecule has 2 aromatic carbocycles. The van der Waals surface area contributed by atoms with E-state index < -0.39 is 24.2 Å². The summed E-state index contributed by atoms with van der Waals surface area (Å²) in [6, 6.07) is 11.0. The van der Waals surface area contributed by atoms with Gasteiger partial charge in [0.05, 0.1) is 11.1 Å². The van der Waals surface area contributed by atoms with Gasteiger partial charge in [-0.15, -0.1) is 0 Å². The number of carboxylic acid groups (broad SMARTS) is 2. The molecular weight excluding hydrogens is 336 g/mol. The molecular formula is C16H10O9. The highest BCUT2D eigenvalue weighted by Gasteiger charge is 2.14. The zero-order valence-corrected chi connectivity index (χ0v) is 12.4.